The Morgan fingerprint density at radius 1 is 1.31 bits per heavy atom. The van der Waals surface area contributed by atoms with Crippen LogP contribution in [0.2, 0.25) is 0 Å². The number of imide groups is 1. The second-order valence-electron chi connectivity index (χ2n) is 5.54. The van der Waals surface area contributed by atoms with Gasteiger partial charge in [0.05, 0.1) is 11.3 Å². The lowest BCUT2D eigenvalue weighted by molar-refractivity contribution is -0.149. The fourth-order valence-electron chi connectivity index (χ4n) is 2.63. The Hall–Kier alpha value is -2.59. The van der Waals surface area contributed by atoms with Gasteiger partial charge in [0.1, 0.15) is 22.7 Å². The number of likely N-dealkylation sites (tertiary alicyclic amines) is 1. The Balaban J connectivity index is 1.83. The Morgan fingerprint density at radius 2 is 1.96 bits per heavy atom. The number of nitrogens with zero attached hydrogens (tertiary/aromatic N) is 2. The summed E-state index contributed by atoms with van der Waals surface area (Å²) < 4.78 is 13.1. The van der Waals surface area contributed by atoms with E-state index in [1.54, 1.807) is 0 Å². The third-order valence-electron chi connectivity index (χ3n) is 3.82. The molecular weight excluding hydrogens is 383 g/mol. The van der Waals surface area contributed by atoms with Crippen molar-refractivity contribution in [3.05, 3.63) is 40.6 Å². The van der Waals surface area contributed by atoms with Crippen LogP contribution in [-0.4, -0.2) is 55.5 Å². The first-order chi connectivity index (χ1) is 12.3. The number of thiocarbonyl (C=S) groups is 1. The maximum absolute atomic E-state index is 13.0. The van der Waals surface area contributed by atoms with Crippen molar-refractivity contribution in [1.29, 1.82) is 0 Å². The summed E-state index contributed by atoms with van der Waals surface area (Å²) >= 11 is 6.12. The van der Waals surface area contributed by atoms with E-state index in [-0.39, 0.29) is 15.6 Å². The molecule has 1 aromatic carbocycles. The molecule has 2 aliphatic heterocycles. The van der Waals surface area contributed by atoms with Crippen LogP contribution in [0.4, 0.5) is 4.39 Å². The Labute approximate surface area is 156 Å². The molecule has 26 heavy (non-hydrogen) atoms. The largest absolute Gasteiger partial charge is 0.480 e. The summed E-state index contributed by atoms with van der Waals surface area (Å²) in [6.07, 6.45) is 1.19. The first-order valence-corrected chi connectivity index (χ1v) is 8.59. The van der Waals surface area contributed by atoms with Crippen LogP contribution in [0.5, 0.6) is 0 Å². The molecule has 10 heteroatoms. The second-order valence-corrected chi connectivity index (χ2v) is 7.21. The van der Waals surface area contributed by atoms with E-state index in [1.807, 2.05) is 0 Å². The lowest BCUT2D eigenvalue weighted by atomic mass is 10.2. The summed E-state index contributed by atoms with van der Waals surface area (Å²) in [5.41, 5.74) is 0.577. The molecule has 1 N–H and O–H groups in total. The van der Waals surface area contributed by atoms with Gasteiger partial charge >= 0.3 is 5.97 Å². The van der Waals surface area contributed by atoms with E-state index < -0.39 is 42.1 Å². The predicted octanol–water partition coefficient (Wildman–Crippen LogP) is 1.24. The Kier molecular flexibility index (Phi) is 4.88. The lowest BCUT2D eigenvalue weighted by Gasteiger charge is -2.20. The van der Waals surface area contributed by atoms with E-state index in [0.717, 1.165) is 16.7 Å². The lowest BCUT2D eigenvalue weighted by Crippen LogP contribution is -2.45. The van der Waals surface area contributed by atoms with Gasteiger partial charge < -0.3 is 5.11 Å². The van der Waals surface area contributed by atoms with Gasteiger partial charge in [-0.2, -0.15) is 0 Å². The Bertz CT molecular complexity index is 868. The van der Waals surface area contributed by atoms with E-state index >= 15 is 0 Å². The standard InChI is InChI=1S/C16H11FN2O5S2/c17-9-3-1-8(2-4-9)5-11-15(24)19(16(25)26-11)10-6-12(20)18(14(10)23)7-13(21)22/h1-5,10H,6-7H2,(H,21,22). The SMILES string of the molecule is O=C(O)CN1C(=O)CC(N2C(=O)C(=Cc3ccc(F)cc3)SC2=S)C1=O. The van der Waals surface area contributed by atoms with Gasteiger partial charge in [0.15, 0.2) is 0 Å². The zero-order valence-corrected chi connectivity index (χ0v) is 14.7. The molecular formula is C16H11FN2O5S2. The van der Waals surface area contributed by atoms with Gasteiger partial charge in [0, 0.05) is 0 Å². The minimum atomic E-state index is -1.33. The first kappa shape index (κ1) is 18.2. The molecule has 0 saturated carbocycles. The molecule has 1 aromatic rings. The van der Waals surface area contributed by atoms with Gasteiger partial charge in [-0.25, -0.2) is 4.39 Å². The number of thioether (sulfide) groups is 1. The highest BCUT2D eigenvalue weighted by molar-refractivity contribution is 8.26. The molecule has 1 unspecified atom stereocenters. The van der Waals surface area contributed by atoms with Crippen molar-refractivity contribution in [2.75, 3.05) is 6.54 Å². The molecule has 0 aliphatic carbocycles. The number of carboxylic acid groups (broad SMARTS) is 1. The molecule has 7 nitrogen and oxygen atoms in total. The van der Waals surface area contributed by atoms with Gasteiger partial charge in [-0.3, -0.25) is 29.0 Å². The van der Waals surface area contributed by atoms with Gasteiger partial charge in [0.25, 0.3) is 11.8 Å². The van der Waals surface area contributed by atoms with Crippen molar-refractivity contribution < 1.29 is 28.7 Å². The Morgan fingerprint density at radius 3 is 2.58 bits per heavy atom. The van der Waals surface area contributed by atoms with Crippen LogP contribution in [0.3, 0.4) is 0 Å². The average molecular weight is 394 g/mol. The molecule has 2 aliphatic rings. The van der Waals surface area contributed by atoms with Crippen molar-refractivity contribution in [2.45, 2.75) is 12.5 Å². The van der Waals surface area contributed by atoms with Crippen LogP contribution in [0.25, 0.3) is 6.08 Å². The van der Waals surface area contributed by atoms with E-state index in [1.165, 1.54) is 30.3 Å². The molecule has 0 radical (unpaired) electrons. The maximum Gasteiger partial charge on any atom is 0.323 e. The molecule has 1 atom stereocenters. The van der Waals surface area contributed by atoms with Gasteiger partial charge in [-0.05, 0) is 23.8 Å². The molecule has 0 spiro atoms. The van der Waals surface area contributed by atoms with E-state index in [9.17, 15) is 23.6 Å². The van der Waals surface area contributed by atoms with Crippen LogP contribution < -0.4 is 0 Å². The maximum atomic E-state index is 13.0. The molecule has 0 aromatic heterocycles. The highest BCUT2D eigenvalue weighted by Crippen LogP contribution is 2.36. The number of hydrogen-bond donors (Lipinski definition) is 1. The van der Waals surface area contributed by atoms with Crippen molar-refractivity contribution in [1.82, 2.24) is 9.80 Å². The quantitative estimate of drug-likeness (QED) is 0.466. The van der Waals surface area contributed by atoms with Crippen molar-refractivity contribution in [3.8, 4) is 0 Å². The highest BCUT2D eigenvalue weighted by Gasteiger charge is 2.48. The van der Waals surface area contributed by atoms with E-state index in [0.29, 0.717) is 10.5 Å². The number of hydrogen-bond acceptors (Lipinski definition) is 6. The van der Waals surface area contributed by atoms with Crippen LogP contribution in [-0.2, 0) is 19.2 Å². The molecule has 3 rings (SSSR count). The molecule has 2 fully saturated rings. The van der Waals surface area contributed by atoms with Crippen LogP contribution >= 0.6 is 24.0 Å². The number of amides is 3. The van der Waals surface area contributed by atoms with E-state index in [4.69, 9.17) is 17.3 Å². The average Bonchev–Trinajstić information content (AvgIpc) is 2.99. The van der Waals surface area contributed by atoms with Crippen molar-refractivity contribution >= 4 is 58.1 Å². The summed E-state index contributed by atoms with van der Waals surface area (Å²) in [6.45, 7) is -0.756. The monoisotopic (exact) mass is 394 g/mol. The normalized spacial score (nSPS) is 22.0. The van der Waals surface area contributed by atoms with Gasteiger partial charge in [-0.1, -0.05) is 36.1 Å². The van der Waals surface area contributed by atoms with Gasteiger partial charge in [-0.15, -0.1) is 0 Å². The van der Waals surface area contributed by atoms with E-state index in [2.05, 4.69) is 0 Å². The summed E-state index contributed by atoms with van der Waals surface area (Å²) in [7, 11) is 0. The summed E-state index contributed by atoms with van der Waals surface area (Å²) in [6, 6.07) is 4.32. The highest BCUT2D eigenvalue weighted by atomic mass is 32.2. The molecule has 3 amide bonds. The fraction of sp³-hybridized carbons (Fsp3) is 0.188. The number of aliphatic carboxylic acids is 1. The third kappa shape index (κ3) is 3.37. The zero-order valence-electron chi connectivity index (χ0n) is 13.0. The fourth-order valence-corrected chi connectivity index (χ4v) is 3.98. The summed E-state index contributed by atoms with van der Waals surface area (Å²) in [4.78, 5) is 49.6. The summed E-state index contributed by atoms with van der Waals surface area (Å²) in [5.74, 6) is -3.72. The van der Waals surface area contributed by atoms with Crippen LogP contribution in [0, 0.1) is 5.82 Å². The second kappa shape index (κ2) is 6.96. The number of benzene rings is 1. The molecule has 0 bridgehead atoms. The van der Waals surface area contributed by atoms with Gasteiger partial charge in [0.2, 0.25) is 5.91 Å². The smallest absolute Gasteiger partial charge is 0.323 e. The molecule has 2 saturated heterocycles. The molecule has 134 valence electrons. The number of carbonyl (C=O) groups excluding carboxylic acids is 3. The minimum absolute atomic E-state index is 0.103. The van der Waals surface area contributed by atoms with Crippen LogP contribution in [0.15, 0.2) is 29.2 Å². The number of rotatable bonds is 4. The minimum Gasteiger partial charge on any atom is -0.480 e. The third-order valence-corrected chi connectivity index (χ3v) is 5.15. The topological polar surface area (TPSA) is 95.0 Å². The first-order valence-electron chi connectivity index (χ1n) is 7.36. The molecule has 2 heterocycles. The number of halogens is 1. The summed E-state index contributed by atoms with van der Waals surface area (Å²) in [5, 5.41) is 8.80. The van der Waals surface area contributed by atoms with Crippen molar-refractivity contribution in [3.63, 3.8) is 0 Å². The zero-order chi connectivity index (χ0) is 19.0. The predicted molar refractivity (Wildman–Crippen MR) is 94.2 cm³/mol. The number of carbonyl (C=O) groups is 4. The van der Waals surface area contributed by atoms with Crippen LogP contribution in [0.1, 0.15) is 12.0 Å². The van der Waals surface area contributed by atoms with Crippen molar-refractivity contribution in [2.24, 2.45) is 0 Å². The number of carboxylic acids is 1.